The molecule has 0 N–H and O–H groups in total. The van der Waals surface area contributed by atoms with Crippen molar-refractivity contribution in [2.24, 2.45) is 0 Å². The van der Waals surface area contributed by atoms with Crippen molar-refractivity contribution in [2.75, 3.05) is 14.2 Å². The van der Waals surface area contributed by atoms with Crippen molar-refractivity contribution in [3.05, 3.63) is 24.2 Å². The van der Waals surface area contributed by atoms with E-state index in [1.54, 1.807) is 12.5 Å². The Morgan fingerprint density at radius 1 is 1.71 bits per heavy atom. The van der Waals surface area contributed by atoms with Gasteiger partial charge in [-0.05, 0) is 20.0 Å². The van der Waals surface area contributed by atoms with Gasteiger partial charge in [0.1, 0.15) is 6.04 Å². The molecule has 0 aliphatic carbocycles. The third-order valence-electron chi connectivity index (χ3n) is 2.22. The average molecular weight is 197 g/mol. The lowest BCUT2D eigenvalue weighted by Crippen LogP contribution is -2.36. The van der Waals surface area contributed by atoms with Crippen LogP contribution in [0.4, 0.5) is 0 Å². The van der Waals surface area contributed by atoms with Crippen molar-refractivity contribution >= 4 is 5.97 Å². The maximum Gasteiger partial charge on any atom is 0.322 e. The zero-order valence-electron chi connectivity index (χ0n) is 8.69. The van der Waals surface area contributed by atoms with E-state index >= 15 is 0 Å². The van der Waals surface area contributed by atoms with Gasteiger partial charge in [0.2, 0.25) is 0 Å². The molecule has 1 atom stereocenters. The SMILES string of the molecule is COC(=O)C(C)N(C)Cc1ccoc1. The Labute approximate surface area is 83.5 Å². The summed E-state index contributed by atoms with van der Waals surface area (Å²) in [6.07, 6.45) is 3.28. The molecule has 1 aromatic heterocycles. The van der Waals surface area contributed by atoms with E-state index in [4.69, 9.17) is 4.42 Å². The predicted molar refractivity (Wildman–Crippen MR) is 51.7 cm³/mol. The standard InChI is InChI=1S/C10H15NO3/c1-8(10(12)13-3)11(2)6-9-4-5-14-7-9/h4-5,7-8H,6H2,1-3H3. The molecule has 0 spiro atoms. The van der Waals surface area contributed by atoms with E-state index in [0.29, 0.717) is 6.54 Å². The number of hydrogen-bond acceptors (Lipinski definition) is 4. The first-order valence-corrected chi connectivity index (χ1v) is 4.44. The molecule has 0 saturated heterocycles. The van der Waals surface area contributed by atoms with Crippen LogP contribution < -0.4 is 0 Å². The molecule has 0 aliphatic heterocycles. The fraction of sp³-hybridized carbons (Fsp3) is 0.500. The summed E-state index contributed by atoms with van der Waals surface area (Å²) in [5, 5.41) is 0. The van der Waals surface area contributed by atoms with E-state index in [9.17, 15) is 4.79 Å². The number of likely N-dealkylation sites (N-methyl/N-ethyl adjacent to an activating group) is 1. The molecule has 0 fully saturated rings. The maximum atomic E-state index is 11.2. The van der Waals surface area contributed by atoms with Gasteiger partial charge in [-0.25, -0.2) is 0 Å². The molecule has 14 heavy (non-hydrogen) atoms. The Morgan fingerprint density at radius 2 is 2.43 bits per heavy atom. The van der Waals surface area contributed by atoms with Crippen molar-refractivity contribution < 1.29 is 13.9 Å². The first-order chi connectivity index (χ1) is 6.65. The number of methoxy groups -OCH3 is 1. The summed E-state index contributed by atoms with van der Waals surface area (Å²) in [7, 11) is 3.26. The van der Waals surface area contributed by atoms with E-state index in [1.165, 1.54) is 7.11 Å². The highest BCUT2D eigenvalue weighted by molar-refractivity contribution is 5.75. The molecular weight excluding hydrogens is 182 g/mol. The number of carbonyl (C=O) groups is 1. The number of hydrogen-bond donors (Lipinski definition) is 0. The summed E-state index contributed by atoms with van der Waals surface area (Å²) in [5.74, 6) is -0.226. The molecule has 1 unspecified atom stereocenters. The van der Waals surface area contributed by atoms with Gasteiger partial charge in [0.05, 0.1) is 19.6 Å². The molecule has 0 bridgehead atoms. The number of nitrogens with zero attached hydrogens (tertiary/aromatic N) is 1. The highest BCUT2D eigenvalue weighted by atomic mass is 16.5. The van der Waals surface area contributed by atoms with Crippen molar-refractivity contribution in [1.82, 2.24) is 4.90 Å². The number of esters is 1. The average Bonchev–Trinajstić information content (AvgIpc) is 2.68. The molecule has 1 heterocycles. The second-order valence-electron chi connectivity index (χ2n) is 3.25. The third-order valence-corrected chi connectivity index (χ3v) is 2.22. The third kappa shape index (κ3) is 2.60. The number of carbonyl (C=O) groups excluding carboxylic acids is 1. The van der Waals surface area contributed by atoms with Gasteiger partial charge in [-0.1, -0.05) is 0 Å². The smallest absolute Gasteiger partial charge is 0.322 e. The molecule has 78 valence electrons. The number of rotatable bonds is 4. The minimum Gasteiger partial charge on any atom is -0.472 e. The summed E-state index contributed by atoms with van der Waals surface area (Å²) < 4.78 is 9.59. The fourth-order valence-corrected chi connectivity index (χ4v) is 1.16. The summed E-state index contributed by atoms with van der Waals surface area (Å²) in [6.45, 7) is 2.48. The molecule has 0 amide bonds. The molecule has 4 nitrogen and oxygen atoms in total. The quantitative estimate of drug-likeness (QED) is 0.682. The zero-order chi connectivity index (χ0) is 10.6. The van der Waals surface area contributed by atoms with Crippen LogP contribution in [-0.4, -0.2) is 31.1 Å². The highest BCUT2D eigenvalue weighted by Gasteiger charge is 2.18. The maximum absolute atomic E-state index is 11.2. The molecule has 1 aromatic rings. The van der Waals surface area contributed by atoms with Gasteiger partial charge < -0.3 is 9.15 Å². The second kappa shape index (κ2) is 4.81. The lowest BCUT2D eigenvalue weighted by atomic mass is 10.2. The summed E-state index contributed by atoms with van der Waals surface area (Å²) in [6, 6.07) is 1.63. The topological polar surface area (TPSA) is 42.7 Å². The van der Waals surface area contributed by atoms with E-state index in [1.807, 2.05) is 24.9 Å². The van der Waals surface area contributed by atoms with Crippen LogP contribution in [0.2, 0.25) is 0 Å². The van der Waals surface area contributed by atoms with E-state index in [-0.39, 0.29) is 12.0 Å². The molecule has 1 rings (SSSR count). The Hall–Kier alpha value is -1.29. The van der Waals surface area contributed by atoms with Crippen LogP contribution in [0.5, 0.6) is 0 Å². The fourth-order valence-electron chi connectivity index (χ4n) is 1.16. The molecule has 0 radical (unpaired) electrons. The lowest BCUT2D eigenvalue weighted by molar-refractivity contribution is -0.145. The summed E-state index contributed by atoms with van der Waals surface area (Å²) in [4.78, 5) is 13.1. The number of ether oxygens (including phenoxy) is 1. The normalized spacial score (nSPS) is 12.9. The Bertz CT molecular complexity index is 282. The van der Waals surface area contributed by atoms with Crippen LogP contribution >= 0.6 is 0 Å². The molecule has 0 saturated carbocycles. The van der Waals surface area contributed by atoms with Crippen molar-refractivity contribution in [3.63, 3.8) is 0 Å². The first-order valence-electron chi connectivity index (χ1n) is 4.44. The Morgan fingerprint density at radius 3 is 2.93 bits per heavy atom. The van der Waals surface area contributed by atoms with E-state index in [2.05, 4.69) is 4.74 Å². The highest BCUT2D eigenvalue weighted by Crippen LogP contribution is 2.07. The molecular formula is C10H15NO3. The predicted octanol–water partition coefficient (Wildman–Crippen LogP) is 1.27. The van der Waals surface area contributed by atoms with Crippen LogP contribution in [0.1, 0.15) is 12.5 Å². The minimum atomic E-state index is -0.241. The monoisotopic (exact) mass is 197 g/mol. The lowest BCUT2D eigenvalue weighted by Gasteiger charge is -2.21. The van der Waals surface area contributed by atoms with Crippen molar-refractivity contribution in [1.29, 1.82) is 0 Å². The largest absolute Gasteiger partial charge is 0.472 e. The van der Waals surface area contributed by atoms with Crippen LogP contribution in [0.25, 0.3) is 0 Å². The van der Waals surface area contributed by atoms with Gasteiger partial charge in [0.15, 0.2) is 0 Å². The van der Waals surface area contributed by atoms with Crippen LogP contribution in [0, 0.1) is 0 Å². The van der Waals surface area contributed by atoms with Gasteiger partial charge in [-0.2, -0.15) is 0 Å². The summed E-state index contributed by atoms with van der Waals surface area (Å²) >= 11 is 0. The van der Waals surface area contributed by atoms with Gasteiger partial charge >= 0.3 is 5.97 Å². The Balaban J connectivity index is 2.49. The van der Waals surface area contributed by atoms with E-state index < -0.39 is 0 Å². The molecule has 0 aromatic carbocycles. The van der Waals surface area contributed by atoms with Gasteiger partial charge in [0.25, 0.3) is 0 Å². The van der Waals surface area contributed by atoms with Gasteiger partial charge in [-0.15, -0.1) is 0 Å². The van der Waals surface area contributed by atoms with Crippen molar-refractivity contribution in [2.45, 2.75) is 19.5 Å². The second-order valence-corrected chi connectivity index (χ2v) is 3.25. The van der Waals surface area contributed by atoms with Crippen LogP contribution in [0.15, 0.2) is 23.0 Å². The minimum absolute atomic E-state index is 0.226. The van der Waals surface area contributed by atoms with E-state index in [0.717, 1.165) is 5.56 Å². The van der Waals surface area contributed by atoms with Crippen LogP contribution in [0.3, 0.4) is 0 Å². The molecule has 4 heteroatoms. The summed E-state index contributed by atoms with van der Waals surface area (Å²) in [5.41, 5.74) is 1.04. The Kier molecular flexibility index (Phi) is 3.71. The zero-order valence-corrected chi connectivity index (χ0v) is 8.69. The van der Waals surface area contributed by atoms with Crippen LogP contribution in [-0.2, 0) is 16.1 Å². The van der Waals surface area contributed by atoms with Gasteiger partial charge in [0, 0.05) is 12.1 Å². The molecule has 0 aliphatic rings. The number of furan rings is 1. The first kappa shape index (κ1) is 10.8. The van der Waals surface area contributed by atoms with Crippen molar-refractivity contribution in [3.8, 4) is 0 Å². The van der Waals surface area contributed by atoms with Gasteiger partial charge in [-0.3, -0.25) is 9.69 Å².